The van der Waals surface area contributed by atoms with Crippen LogP contribution in [0.1, 0.15) is 17.5 Å². The highest BCUT2D eigenvalue weighted by Gasteiger charge is 2.46. The zero-order valence-electron chi connectivity index (χ0n) is 16.7. The summed E-state index contributed by atoms with van der Waals surface area (Å²) in [7, 11) is -3.19. The number of hydrogen-bond donors (Lipinski definition) is 0. The lowest BCUT2D eigenvalue weighted by molar-refractivity contribution is -0.123. The number of carbonyl (C=O) groups excluding carboxylic acids is 2. The van der Waals surface area contributed by atoms with Crippen LogP contribution in [0.2, 0.25) is 5.02 Å². The Labute approximate surface area is 200 Å². The maximum absolute atomic E-state index is 13.5. The normalized spacial score (nSPS) is 24.5. The lowest BCUT2D eigenvalue weighted by Gasteiger charge is -2.21. The predicted molar refractivity (Wildman–Crippen MR) is 130 cm³/mol. The standard InChI is InChI=1S/C22H17ClN2O4S3/c23-14-7-5-13(6-8-14)11-24-17-4-2-1-3-16(17)18(20(24)26)19-21(27)25(22(30)31-19)15-9-10-32(28,29)12-15/h1-8,15H,9-12H2/b19-18+/t15-/m0/s1. The SMILES string of the molecule is O=C1/C(=C2/SC(=S)N([C@H]3CCS(=O)(=O)C3)C2=O)c2ccccc2N1Cc1ccc(Cl)cc1. The molecule has 3 aliphatic rings. The highest BCUT2D eigenvalue weighted by Crippen LogP contribution is 2.46. The molecule has 164 valence electrons. The van der Waals surface area contributed by atoms with Gasteiger partial charge in [-0.25, -0.2) is 8.42 Å². The van der Waals surface area contributed by atoms with Gasteiger partial charge in [0.2, 0.25) is 0 Å². The molecule has 2 amide bonds. The van der Waals surface area contributed by atoms with Crippen molar-refractivity contribution < 1.29 is 18.0 Å². The van der Waals surface area contributed by atoms with E-state index in [1.165, 1.54) is 4.90 Å². The van der Waals surface area contributed by atoms with Crippen molar-refractivity contribution in [3.8, 4) is 0 Å². The predicted octanol–water partition coefficient (Wildman–Crippen LogP) is 3.65. The molecule has 3 heterocycles. The second-order valence-electron chi connectivity index (χ2n) is 7.84. The third-order valence-electron chi connectivity index (χ3n) is 5.78. The van der Waals surface area contributed by atoms with Crippen LogP contribution in [0.25, 0.3) is 5.57 Å². The second kappa shape index (κ2) is 7.98. The van der Waals surface area contributed by atoms with Crippen LogP contribution in [0.15, 0.2) is 53.4 Å². The minimum Gasteiger partial charge on any atom is -0.303 e. The summed E-state index contributed by atoms with van der Waals surface area (Å²) in [5.41, 5.74) is 2.61. The number of fused-ring (bicyclic) bond motifs is 1. The number of sulfone groups is 1. The van der Waals surface area contributed by atoms with E-state index in [9.17, 15) is 18.0 Å². The number of rotatable bonds is 3. The quantitative estimate of drug-likeness (QED) is 0.469. The molecule has 0 N–H and O–H groups in total. The van der Waals surface area contributed by atoms with Crippen molar-refractivity contribution in [3.63, 3.8) is 0 Å². The van der Waals surface area contributed by atoms with Gasteiger partial charge in [-0.2, -0.15) is 0 Å². The molecule has 2 fully saturated rings. The first-order chi connectivity index (χ1) is 15.2. The molecule has 0 saturated carbocycles. The fourth-order valence-electron chi connectivity index (χ4n) is 4.25. The number of nitrogens with zero attached hydrogens (tertiary/aromatic N) is 2. The van der Waals surface area contributed by atoms with Crippen molar-refractivity contribution in [1.29, 1.82) is 0 Å². The molecule has 5 rings (SSSR count). The molecule has 3 aliphatic heterocycles. The molecular formula is C22H17ClN2O4S3. The summed E-state index contributed by atoms with van der Waals surface area (Å²) in [4.78, 5) is 30.1. The van der Waals surface area contributed by atoms with Gasteiger partial charge < -0.3 is 4.90 Å². The van der Waals surface area contributed by atoms with Gasteiger partial charge in [-0.1, -0.05) is 65.9 Å². The monoisotopic (exact) mass is 504 g/mol. The fraction of sp³-hybridized carbons (Fsp3) is 0.227. The average Bonchev–Trinajstić information content (AvgIpc) is 3.35. The number of thiocarbonyl (C=S) groups is 1. The van der Waals surface area contributed by atoms with Crippen LogP contribution in [0, 0.1) is 0 Å². The number of benzene rings is 2. The maximum atomic E-state index is 13.5. The summed E-state index contributed by atoms with van der Waals surface area (Å²) in [6, 6.07) is 14.1. The first-order valence-electron chi connectivity index (χ1n) is 9.91. The minimum atomic E-state index is -3.19. The van der Waals surface area contributed by atoms with Gasteiger partial charge in [0.25, 0.3) is 11.8 Å². The Morgan fingerprint density at radius 3 is 2.47 bits per heavy atom. The van der Waals surface area contributed by atoms with Gasteiger partial charge in [0, 0.05) is 10.6 Å². The van der Waals surface area contributed by atoms with Crippen molar-refractivity contribution in [2.75, 3.05) is 16.4 Å². The second-order valence-corrected chi connectivity index (χ2v) is 12.1. The largest absolute Gasteiger partial charge is 0.303 e. The summed E-state index contributed by atoms with van der Waals surface area (Å²) in [5, 5.41) is 0.611. The Hall–Kier alpha value is -2.20. The van der Waals surface area contributed by atoms with Gasteiger partial charge >= 0.3 is 0 Å². The number of amides is 2. The zero-order chi connectivity index (χ0) is 22.6. The molecule has 0 bridgehead atoms. The Morgan fingerprint density at radius 1 is 1.06 bits per heavy atom. The van der Waals surface area contributed by atoms with E-state index in [-0.39, 0.29) is 22.3 Å². The van der Waals surface area contributed by atoms with Crippen molar-refractivity contribution in [1.82, 2.24) is 4.90 Å². The van der Waals surface area contributed by atoms with Gasteiger partial charge in [-0.05, 0) is 30.2 Å². The molecule has 2 aromatic rings. The van der Waals surface area contributed by atoms with Gasteiger partial charge in [-0.15, -0.1) is 0 Å². The number of carbonyl (C=O) groups is 2. The number of halogens is 1. The topological polar surface area (TPSA) is 74.8 Å². The Balaban J connectivity index is 1.53. The van der Waals surface area contributed by atoms with Crippen LogP contribution < -0.4 is 4.90 Å². The molecule has 0 aromatic heterocycles. The van der Waals surface area contributed by atoms with Crippen molar-refractivity contribution in [3.05, 3.63) is 69.6 Å². The molecule has 10 heteroatoms. The third-order valence-corrected chi connectivity index (χ3v) is 9.18. The van der Waals surface area contributed by atoms with Crippen molar-refractivity contribution in [2.24, 2.45) is 0 Å². The average molecular weight is 505 g/mol. The smallest absolute Gasteiger partial charge is 0.267 e. The molecule has 0 aliphatic carbocycles. The van der Waals surface area contributed by atoms with E-state index < -0.39 is 21.8 Å². The fourth-order valence-corrected chi connectivity index (χ4v) is 7.55. The van der Waals surface area contributed by atoms with E-state index in [1.807, 2.05) is 36.4 Å². The molecule has 0 radical (unpaired) electrons. The molecule has 0 unspecified atom stereocenters. The summed E-state index contributed by atoms with van der Waals surface area (Å²) >= 11 is 12.5. The van der Waals surface area contributed by atoms with E-state index in [1.54, 1.807) is 17.0 Å². The molecule has 1 atom stereocenters. The minimum absolute atomic E-state index is 0.0390. The highest BCUT2D eigenvalue weighted by molar-refractivity contribution is 8.26. The molecule has 0 spiro atoms. The van der Waals surface area contributed by atoms with E-state index in [4.69, 9.17) is 23.8 Å². The molecular weight excluding hydrogens is 488 g/mol. The first-order valence-corrected chi connectivity index (χ1v) is 13.3. The van der Waals surface area contributed by atoms with Crippen LogP contribution in [0.4, 0.5) is 5.69 Å². The molecule has 32 heavy (non-hydrogen) atoms. The first kappa shape index (κ1) is 21.6. The van der Waals surface area contributed by atoms with Crippen molar-refractivity contribution >= 4 is 72.8 Å². The van der Waals surface area contributed by atoms with E-state index in [0.717, 1.165) is 23.0 Å². The number of thioether (sulfide) groups is 1. The summed E-state index contributed by atoms with van der Waals surface area (Å²) in [6.45, 7) is 0.331. The maximum Gasteiger partial charge on any atom is 0.267 e. The van der Waals surface area contributed by atoms with Gasteiger partial charge in [-0.3, -0.25) is 14.5 Å². The Kier molecular flexibility index (Phi) is 5.40. The highest BCUT2D eigenvalue weighted by atomic mass is 35.5. The zero-order valence-corrected chi connectivity index (χ0v) is 19.9. The van der Waals surface area contributed by atoms with Crippen molar-refractivity contribution in [2.45, 2.75) is 19.0 Å². The van der Waals surface area contributed by atoms with Crippen LogP contribution in [0.5, 0.6) is 0 Å². The van der Waals surface area contributed by atoms with E-state index >= 15 is 0 Å². The third kappa shape index (κ3) is 3.67. The summed E-state index contributed by atoms with van der Waals surface area (Å²) < 4.78 is 24.2. The van der Waals surface area contributed by atoms with Crippen LogP contribution in [-0.4, -0.2) is 47.0 Å². The molecule has 6 nitrogen and oxygen atoms in total. The number of hydrogen-bond acceptors (Lipinski definition) is 6. The summed E-state index contributed by atoms with van der Waals surface area (Å²) in [5.74, 6) is -0.735. The van der Waals surface area contributed by atoms with Crippen LogP contribution in [0.3, 0.4) is 0 Å². The van der Waals surface area contributed by atoms with E-state index in [0.29, 0.717) is 33.4 Å². The number of para-hydroxylation sites is 1. The Bertz CT molecular complexity index is 1300. The van der Waals surface area contributed by atoms with Gasteiger partial charge in [0.15, 0.2) is 9.84 Å². The van der Waals surface area contributed by atoms with Gasteiger partial charge in [0.1, 0.15) is 4.32 Å². The lowest BCUT2D eigenvalue weighted by atomic mass is 10.1. The van der Waals surface area contributed by atoms with Crippen LogP contribution in [-0.2, 0) is 26.0 Å². The Morgan fingerprint density at radius 2 is 1.78 bits per heavy atom. The van der Waals surface area contributed by atoms with E-state index in [2.05, 4.69) is 0 Å². The number of anilines is 1. The summed E-state index contributed by atoms with van der Waals surface area (Å²) in [6.07, 6.45) is 0.352. The molecule has 2 aromatic carbocycles. The lowest BCUT2D eigenvalue weighted by Crippen LogP contribution is -2.39. The van der Waals surface area contributed by atoms with Gasteiger partial charge in [0.05, 0.1) is 40.3 Å². The van der Waals surface area contributed by atoms with Crippen LogP contribution >= 0.6 is 35.6 Å². The molecule has 2 saturated heterocycles.